The Hall–Kier alpha value is -3.20. The van der Waals surface area contributed by atoms with Crippen molar-refractivity contribution < 1.29 is 32.2 Å². The molecule has 2 rings (SSSR count). The monoisotopic (exact) mass is 442 g/mol. The SMILES string of the molecule is CCOc1ccccc1OCC(=O)NNC(=O)/C=C/c1ccc(Cl)c(C(F)(F)F)c1. The van der Waals surface area contributed by atoms with E-state index in [9.17, 15) is 22.8 Å². The second-order valence-corrected chi connectivity index (χ2v) is 6.18. The Balaban J connectivity index is 1.85. The number of alkyl halides is 3. The quantitative estimate of drug-likeness (QED) is 0.502. The molecule has 30 heavy (non-hydrogen) atoms. The number of halogens is 4. The highest BCUT2D eigenvalue weighted by Crippen LogP contribution is 2.35. The summed E-state index contributed by atoms with van der Waals surface area (Å²) in [7, 11) is 0. The highest BCUT2D eigenvalue weighted by atomic mass is 35.5. The molecule has 2 aromatic rings. The summed E-state index contributed by atoms with van der Waals surface area (Å²) in [5.74, 6) is -0.555. The number of para-hydroxylation sites is 2. The first-order valence-electron chi connectivity index (χ1n) is 8.69. The molecule has 2 N–H and O–H groups in total. The zero-order valence-corrected chi connectivity index (χ0v) is 16.5. The van der Waals surface area contributed by atoms with Gasteiger partial charge in [-0.05, 0) is 42.8 Å². The van der Waals surface area contributed by atoms with E-state index in [4.69, 9.17) is 21.1 Å². The van der Waals surface area contributed by atoms with Crippen LogP contribution in [0.1, 0.15) is 18.1 Å². The molecule has 0 heterocycles. The number of carbonyl (C=O) groups excluding carboxylic acids is 2. The van der Waals surface area contributed by atoms with Gasteiger partial charge in [0.25, 0.3) is 11.8 Å². The fourth-order valence-electron chi connectivity index (χ4n) is 2.23. The summed E-state index contributed by atoms with van der Waals surface area (Å²) in [6, 6.07) is 10.00. The number of hydrogen-bond acceptors (Lipinski definition) is 4. The van der Waals surface area contributed by atoms with Gasteiger partial charge in [-0.3, -0.25) is 20.4 Å². The Kier molecular flexibility index (Phi) is 8.11. The minimum Gasteiger partial charge on any atom is -0.490 e. The van der Waals surface area contributed by atoms with Gasteiger partial charge in [-0.25, -0.2) is 0 Å². The van der Waals surface area contributed by atoms with Gasteiger partial charge >= 0.3 is 6.18 Å². The molecule has 0 radical (unpaired) electrons. The van der Waals surface area contributed by atoms with E-state index in [1.54, 1.807) is 31.2 Å². The minimum absolute atomic E-state index is 0.115. The Bertz CT molecular complexity index is 933. The van der Waals surface area contributed by atoms with Gasteiger partial charge < -0.3 is 9.47 Å². The summed E-state index contributed by atoms with van der Waals surface area (Å²) in [4.78, 5) is 23.6. The normalized spacial score (nSPS) is 11.2. The molecule has 0 aromatic heterocycles. The predicted molar refractivity (Wildman–Crippen MR) is 105 cm³/mol. The molecule has 0 fully saturated rings. The van der Waals surface area contributed by atoms with Gasteiger partial charge in [0.15, 0.2) is 18.1 Å². The zero-order valence-electron chi connectivity index (χ0n) is 15.8. The Morgan fingerprint density at radius 3 is 2.37 bits per heavy atom. The third-order valence-electron chi connectivity index (χ3n) is 3.56. The van der Waals surface area contributed by atoms with Gasteiger partial charge in [-0.1, -0.05) is 29.8 Å². The number of hydrogen-bond donors (Lipinski definition) is 2. The average molecular weight is 443 g/mol. The van der Waals surface area contributed by atoms with Gasteiger partial charge in [-0.15, -0.1) is 0 Å². The van der Waals surface area contributed by atoms with Crippen molar-refractivity contribution >= 4 is 29.5 Å². The molecule has 2 aromatic carbocycles. The largest absolute Gasteiger partial charge is 0.490 e. The molecule has 0 saturated carbocycles. The molecule has 0 saturated heterocycles. The third-order valence-corrected chi connectivity index (χ3v) is 3.89. The van der Waals surface area contributed by atoms with Crippen molar-refractivity contribution in [3.05, 3.63) is 64.7 Å². The maximum atomic E-state index is 12.8. The first kappa shape index (κ1) is 23.1. The van der Waals surface area contributed by atoms with Crippen molar-refractivity contribution in [3.8, 4) is 11.5 Å². The summed E-state index contributed by atoms with van der Waals surface area (Å²) in [5, 5.41) is -0.442. The topological polar surface area (TPSA) is 76.7 Å². The molecule has 0 unspecified atom stereocenters. The van der Waals surface area contributed by atoms with Gasteiger partial charge in [0.05, 0.1) is 17.2 Å². The van der Waals surface area contributed by atoms with E-state index in [0.717, 1.165) is 24.3 Å². The summed E-state index contributed by atoms with van der Waals surface area (Å²) >= 11 is 5.54. The van der Waals surface area contributed by atoms with Crippen LogP contribution in [0.3, 0.4) is 0 Å². The number of rotatable bonds is 7. The van der Waals surface area contributed by atoms with Crippen LogP contribution in [0.15, 0.2) is 48.5 Å². The summed E-state index contributed by atoms with van der Waals surface area (Å²) < 4.78 is 49.2. The number of carbonyl (C=O) groups is 2. The van der Waals surface area contributed by atoms with Crippen LogP contribution >= 0.6 is 11.6 Å². The van der Waals surface area contributed by atoms with Crippen molar-refractivity contribution in [2.75, 3.05) is 13.2 Å². The van der Waals surface area contributed by atoms with Gasteiger partial charge in [0.2, 0.25) is 0 Å². The van der Waals surface area contributed by atoms with Crippen LogP contribution in [0.4, 0.5) is 13.2 Å². The van der Waals surface area contributed by atoms with E-state index in [0.29, 0.717) is 18.1 Å². The van der Waals surface area contributed by atoms with Crippen molar-refractivity contribution in [1.82, 2.24) is 10.9 Å². The summed E-state index contributed by atoms with van der Waals surface area (Å²) in [5.41, 5.74) is 3.33. The lowest BCUT2D eigenvalue weighted by Crippen LogP contribution is -2.43. The maximum Gasteiger partial charge on any atom is 0.417 e. The molecule has 0 bridgehead atoms. The van der Waals surface area contributed by atoms with E-state index in [2.05, 4.69) is 10.9 Å². The standard InChI is InChI=1S/C20H18ClF3N2O4/c1-2-29-16-5-3-4-6-17(16)30-12-19(28)26-25-18(27)10-8-13-7-9-15(21)14(11-13)20(22,23)24/h3-11H,2,12H2,1H3,(H,25,27)(H,26,28)/b10-8+. The first-order chi connectivity index (χ1) is 14.2. The highest BCUT2D eigenvalue weighted by molar-refractivity contribution is 6.31. The van der Waals surface area contributed by atoms with Crippen LogP contribution in [0, 0.1) is 0 Å². The van der Waals surface area contributed by atoms with Crippen molar-refractivity contribution in [1.29, 1.82) is 0 Å². The van der Waals surface area contributed by atoms with E-state index in [-0.39, 0.29) is 12.2 Å². The van der Waals surface area contributed by atoms with Crippen molar-refractivity contribution in [2.24, 2.45) is 0 Å². The summed E-state index contributed by atoms with van der Waals surface area (Å²) in [6.45, 7) is 1.84. The number of amides is 2. The van der Waals surface area contributed by atoms with Crippen LogP contribution in [0.2, 0.25) is 5.02 Å². The summed E-state index contributed by atoms with van der Waals surface area (Å²) in [6.07, 6.45) is -2.49. The molecule has 6 nitrogen and oxygen atoms in total. The molecule has 160 valence electrons. The van der Waals surface area contributed by atoms with Gasteiger partial charge in [0, 0.05) is 6.08 Å². The second-order valence-electron chi connectivity index (χ2n) is 5.78. The van der Waals surface area contributed by atoms with E-state index >= 15 is 0 Å². The molecule has 0 aliphatic rings. The predicted octanol–water partition coefficient (Wildman–Crippen LogP) is 4.00. The first-order valence-corrected chi connectivity index (χ1v) is 9.06. The zero-order chi connectivity index (χ0) is 22.1. The molecule has 0 aliphatic heterocycles. The Morgan fingerprint density at radius 1 is 1.07 bits per heavy atom. The minimum atomic E-state index is -4.61. The van der Waals surface area contributed by atoms with Gasteiger partial charge in [0.1, 0.15) is 0 Å². The second kappa shape index (κ2) is 10.5. The number of ether oxygens (including phenoxy) is 2. The fourth-order valence-corrected chi connectivity index (χ4v) is 2.46. The Labute approximate surface area is 175 Å². The van der Waals surface area contributed by atoms with E-state index in [1.807, 2.05) is 0 Å². The molecular formula is C20H18ClF3N2O4. The average Bonchev–Trinajstić information content (AvgIpc) is 2.70. The van der Waals surface area contributed by atoms with Crippen LogP contribution in [-0.2, 0) is 15.8 Å². The highest BCUT2D eigenvalue weighted by Gasteiger charge is 2.33. The van der Waals surface area contributed by atoms with Crippen LogP contribution in [0.25, 0.3) is 6.08 Å². The Morgan fingerprint density at radius 2 is 1.73 bits per heavy atom. The third kappa shape index (κ3) is 7.00. The van der Waals surface area contributed by atoms with E-state index in [1.165, 1.54) is 6.07 Å². The lowest BCUT2D eigenvalue weighted by Gasteiger charge is -2.11. The van der Waals surface area contributed by atoms with Crippen molar-refractivity contribution in [3.63, 3.8) is 0 Å². The van der Waals surface area contributed by atoms with Gasteiger partial charge in [-0.2, -0.15) is 13.2 Å². The molecule has 0 aliphatic carbocycles. The fraction of sp³-hybridized carbons (Fsp3) is 0.200. The van der Waals surface area contributed by atoms with Crippen LogP contribution in [-0.4, -0.2) is 25.0 Å². The van der Waals surface area contributed by atoms with Crippen LogP contribution < -0.4 is 20.3 Å². The van der Waals surface area contributed by atoms with Crippen molar-refractivity contribution in [2.45, 2.75) is 13.1 Å². The smallest absolute Gasteiger partial charge is 0.417 e. The van der Waals surface area contributed by atoms with E-state index < -0.39 is 28.6 Å². The van der Waals surface area contributed by atoms with Crippen LogP contribution in [0.5, 0.6) is 11.5 Å². The number of benzene rings is 2. The lowest BCUT2D eigenvalue weighted by molar-refractivity contribution is -0.137. The molecule has 2 amide bonds. The number of nitrogens with one attached hydrogen (secondary N) is 2. The lowest BCUT2D eigenvalue weighted by atomic mass is 10.1. The molecule has 0 spiro atoms. The molecule has 10 heteroatoms. The molecular weight excluding hydrogens is 425 g/mol. The molecule has 0 atom stereocenters. The maximum absolute atomic E-state index is 12.8. The number of hydrazine groups is 1.